The number of hydrogen-bond acceptors (Lipinski definition) is 3. The number of primary amides is 1. The van der Waals surface area contributed by atoms with Gasteiger partial charge in [0.05, 0.1) is 5.69 Å². The first-order chi connectivity index (χ1) is 12.5. The average molecular weight is 356 g/mol. The van der Waals surface area contributed by atoms with Gasteiger partial charge in [-0.1, -0.05) is 12.1 Å². The van der Waals surface area contributed by atoms with Gasteiger partial charge in [0.2, 0.25) is 0 Å². The van der Waals surface area contributed by atoms with Gasteiger partial charge in [-0.05, 0) is 49.2 Å². The van der Waals surface area contributed by atoms with E-state index in [9.17, 15) is 9.18 Å². The van der Waals surface area contributed by atoms with Gasteiger partial charge in [-0.3, -0.25) is 4.79 Å². The Labute approximate surface area is 148 Å². The molecular formula is C19H18F2N4O. The van der Waals surface area contributed by atoms with Crippen LogP contribution in [0.1, 0.15) is 28.8 Å². The minimum atomic E-state index is -1.37. The highest BCUT2D eigenvalue weighted by molar-refractivity contribution is 6.04. The summed E-state index contributed by atoms with van der Waals surface area (Å²) < 4.78 is 30.4. The number of halogens is 2. The van der Waals surface area contributed by atoms with Crippen molar-refractivity contribution in [3.05, 3.63) is 59.5 Å². The fourth-order valence-electron chi connectivity index (χ4n) is 3.46. The van der Waals surface area contributed by atoms with Crippen LogP contribution in [0.2, 0.25) is 0 Å². The second-order valence-corrected chi connectivity index (χ2v) is 6.59. The molecule has 26 heavy (non-hydrogen) atoms. The molecule has 0 unspecified atom stereocenters. The minimum Gasteiger partial charge on any atom is -0.365 e. The first-order valence-corrected chi connectivity index (χ1v) is 8.46. The molecule has 3 aromatic rings. The molecule has 0 bridgehead atoms. The number of amides is 1. The highest BCUT2D eigenvalue weighted by Gasteiger charge is 2.33. The van der Waals surface area contributed by atoms with Crippen molar-refractivity contribution in [1.29, 1.82) is 0 Å². The Bertz CT molecular complexity index is 975. The molecule has 3 N–H and O–H groups in total. The van der Waals surface area contributed by atoms with Crippen molar-refractivity contribution >= 4 is 16.8 Å². The largest absolute Gasteiger partial charge is 0.365 e. The van der Waals surface area contributed by atoms with Gasteiger partial charge in [-0.15, -0.1) is 0 Å². The number of alkyl halides is 1. The van der Waals surface area contributed by atoms with E-state index in [-0.39, 0.29) is 11.1 Å². The number of benzene rings is 2. The number of piperidine rings is 1. The lowest BCUT2D eigenvalue weighted by Crippen LogP contribution is -2.40. The number of nitrogens with two attached hydrogens (primary N) is 1. The van der Waals surface area contributed by atoms with Crippen LogP contribution in [0.25, 0.3) is 16.6 Å². The number of nitrogens with one attached hydrogen (secondary N) is 1. The molecular weight excluding hydrogens is 338 g/mol. The summed E-state index contributed by atoms with van der Waals surface area (Å²) in [4.78, 5) is 11.5. The number of hydrogen-bond donors (Lipinski definition) is 2. The van der Waals surface area contributed by atoms with Crippen molar-refractivity contribution < 1.29 is 13.6 Å². The number of carbonyl (C=O) groups is 1. The first-order valence-electron chi connectivity index (χ1n) is 8.46. The molecule has 0 radical (unpaired) electrons. The van der Waals surface area contributed by atoms with E-state index >= 15 is 4.39 Å². The Kier molecular flexibility index (Phi) is 3.96. The van der Waals surface area contributed by atoms with Gasteiger partial charge in [-0.2, -0.15) is 5.10 Å². The molecule has 0 saturated carbocycles. The fourth-order valence-corrected chi connectivity index (χ4v) is 3.46. The standard InChI is InChI=1S/C19H18F2N4O/c20-15-7-2-12-10-25(24-17(12)16(15)18(22)26)14-5-3-13(4-6-14)19(21)8-1-9-23-11-19/h2-7,10,23H,1,8-9,11H2,(H2,22,26)/t19-/m1/s1. The predicted octanol–water partition coefficient (Wildman–Crippen LogP) is 2.81. The van der Waals surface area contributed by atoms with E-state index in [1.54, 1.807) is 36.5 Å². The fraction of sp³-hybridized carbons (Fsp3) is 0.263. The normalized spacial score (nSPS) is 20.4. The molecule has 1 amide bonds. The summed E-state index contributed by atoms with van der Waals surface area (Å²) in [6.45, 7) is 1.14. The zero-order valence-electron chi connectivity index (χ0n) is 14.0. The van der Waals surface area contributed by atoms with Crippen LogP contribution in [0.5, 0.6) is 0 Å². The van der Waals surface area contributed by atoms with Crippen molar-refractivity contribution in [3.8, 4) is 5.69 Å². The van der Waals surface area contributed by atoms with Crippen LogP contribution in [0.4, 0.5) is 8.78 Å². The van der Waals surface area contributed by atoms with E-state index in [1.807, 2.05) is 0 Å². The van der Waals surface area contributed by atoms with Crippen LogP contribution < -0.4 is 11.1 Å². The maximum absolute atomic E-state index is 15.0. The van der Waals surface area contributed by atoms with Crippen molar-refractivity contribution in [3.63, 3.8) is 0 Å². The molecule has 1 atom stereocenters. The lowest BCUT2D eigenvalue weighted by atomic mass is 9.88. The lowest BCUT2D eigenvalue weighted by molar-refractivity contribution is 0.0998. The zero-order valence-corrected chi connectivity index (χ0v) is 14.0. The lowest BCUT2D eigenvalue weighted by Gasteiger charge is -2.30. The number of nitrogens with zero attached hydrogens (tertiary/aromatic N) is 2. The Morgan fingerprint density at radius 2 is 2.00 bits per heavy atom. The van der Waals surface area contributed by atoms with Crippen LogP contribution in [0.15, 0.2) is 42.6 Å². The molecule has 2 aromatic carbocycles. The Hall–Kier alpha value is -2.80. The van der Waals surface area contributed by atoms with Crippen molar-refractivity contribution in [2.24, 2.45) is 5.73 Å². The smallest absolute Gasteiger partial charge is 0.253 e. The van der Waals surface area contributed by atoms with Crippen LogP contribution >= 0.6 is 0 Å². The van der Waals surface area contributed by atoms with Gasteiger partial charge >= 0.3 is 0 Å². The van der Waals surface area contributed by atoms with Gasteiger partial charge < -0.3 is 11.1 Å². The molecule has 4 rings (SSSR count). The zero-order chi connectivity index (χ0) is 18.3. The topological polar surface area (TPSA) is 72.9 Å². The molecule has 1 aromatic heterocycles. The Morgan fingerprint density at radius 3 is 2.65 bits per heavy atom. The van der Waals surface area contributed by atoms with Crippen LogP contribution in [0.3, 0.4) is 0 Å². The van der Waals surface area contributed by atoms with E-state index in [0.717, 1.165) is 13.0 Å². The Morgan fingerprint density at radius 1 is 1.23 bits per heavy atom. The quantitative estimate of drug-likeness (QED) is 0.758. The van der Waals surface area contributed by atoms with E-state index in [0.29, 0.717) is 29.6 Å². The van der Waals surface area contributed by atoms with Crippen LogP contribution in [-0.4, -0.2) is 28.8 Å². The number of carbonyl (C=O) groups excluding carboxylic acids is 1. The molecule has 7 heteroatoms. The van der Waals surface area contributed by atoms with E-state index in [4.69, 9.17) is 5.73 Å². The molecule has 134 valence electrons. The third-order valence-electron chi connectivity index (χ3n) is 4.85. The Balaban J connectivity index is 1.72. The third-order valence-corrected chi connectivity index (χ3v) is 4.85. The van der Waals surface area contributed by atoms with Crippen molar-refractivity contribution in [1.82, 2.24) is 15.1 Å². The second-order valence-electron chi connectivity index (χ2n) is 6.59. The molecule has 0 aliphatic carbocycles. The maximum Gasteiger partial charge on any atom is 0.253 e. The van der Waals surface area contributed by atoms with Crippen molar-refractivity contribution in [2.75, 3.05) is 13.1 Å². The molecule has 1 aliphatic heterocycles. The molecule has 0 spiro atoms. The summed E-state index contributed by atoms with van der Waals surface area (Å²) in [7, 11) is 0. The summed E-state index contributed by atoms with van der Waals surface area (Å²) in [6.07, 6.45) is 2.97. The monoisotopic (exact) mass is 356 g/mol. The number of fused-ring (bicyclic) bond motifs is 1. The van der Waals surface area contributed by atoms with Gasteiger partial charge in [-0.25, -0.2) is 13.5 Å². The SMILES string of the molecule is NC(=O)c1c(F)ccc2cn(-c3ccc([C@@]4(F)CCCNC4)cc3)nc12. The summed E-state index contributed by atoms with van der Waals surface area (Å²) in [6, 6.07) is 9.74. The van der Waals surface area contributed by atoms with E-state index in [2.05, 4.69) is 10.4 Å². The third kappa shape index (κ3) is 2.74. The van der Waals surface area contributed by atoms with E-state index in [1.165, 1.54) is 10.7 Å². The molecule has 5 nitrogen and oxygen atoms in total. The van der Waals surface area contributed by atoms with Gasteiger partial charge in [0, 0.05) is 18.1 Å². The first kappa shape index (κ1) is 16.7. The maximum atomic E-state index is 15.0. The van der Waals surface area contributed by atoms with Crippen molar-refractivity contribution in [2.45, 2.75) is 18.5 Å². The summed E-state index contributed by atoms with van der Waals surface area (Å²) in [5.74, 6) is -1.56. The minimum absolute atomic E-state index is 0.208. The summed E-state index contributed by atoms with van der Waals surface area (Å²) in [5, 5.41) is 7.98. The van der Waals surface area contributed by atoms with Gasteiger partial charge in [0.1, 0.15) is 22.6 Å². The number of aromatic nitrogens is 2. The highest BCUT2D eigenvalue weighted by atomic mass is 19.1. The highest BCUT2D eigenvalue weighted by Crippen LogP contribution is 2.33. The predicted molar refractivity (Wildman–Crippen MR) is 94.4 cm³/mol. The second kappa shape index (κ2) is 6.17. The summed E-state index contributed by atoms with van der Waals surface area (Å²) >= 11 is 0. The van der Waals surface area contributed by atoms with Crippen LogP contribution in [-0.2, 0) is 5.67 Å². The molecule has 1 fully saturated rings. The molecule has 1 saturated heterocycles. The number of rotatable bonds is 3. The average Bonchev–Trinajstić information content (AvgIpc) is 3.06. The van der Waals surface area contributed by atoms with Crippen LogP contribution in [0, 0.1) is 5.82 Å². The summed E-state index contributed by atoms with van der Waals surface area (Å²) in [5.41, 5.74) is 5.19. The van der Waals surface area contributed by atoms with Gasteiger partial charge in [0.15, 0.2) is 0 Å². The molecule has 2 heterocycles. The molecule has 1 aliphatic rings. The van der Waals surface area contributed by atoms with Gasteiger partial charge in [0.25, 0.3) is 5.91 Å². The van der Waals surface area contributed by atoms with E-state index < -0.39 is 17.4 Å².